The quantitative estimate of drug-likeness (QED) is 0.501. The van der Waals surface area contributed by atoms with Gasteiger partial charge in [-0.3, -0.25) is 5.32 Å². The van der Waals surface area contributed by atoms with Crippen LogP contribution in [0.2, 0.25) is 0 Å². The van der Waals surface area contributed by atoms with Gasteiger partial charge in [-0.15, -0.1) is 0 Å². The maximum atomic E-state index is 9.98. The van der Waals surface area contributed by atoms with Gasteiger partial charge in [-0.2, -0.15) is 0 Å². The first-order chi connectivity index (χ1) is 8.66. The van der Waals surface area contributed by atoms with E-state index in [1.54, 1.807) is 4.90 Å². The third-order valence-electron chi connectivity index (χ3n) is 3.73. The fourth-order valence-corrected chi connectivity index (χ4v) is 2.87. The summed E-state index contributed by atoms with van der Waals surface area (Å²) in [5.41, 5.74) is 6.30. The second-order valence-electron chi connectivity index (χ2n) is 4.73. The molecular formula is C10H12N5O3. The Kier molecular flexibility index (Phi) is 1.84. The Morgan fingerprint density at radius 2 is 2.17 bits per heavy atom. The monoisotopic (exact) mass is 250 g/mol. The maximum Gasteiger partial charge on any atom is 0.163 e. The summed E-state index contributed by atoms with van der Waals surface area (Å²) in [4.78, 5) is 9.82. The first-order valence-electron chi connectivity index (χ1n) is 5.78. The van der Waals surface area contributed by atoms with Crippen LogP contribution >= 0.6 is 0 Å². The van der Waals surface area contributed by atoms with Crippen LogP contribution in [0.1, 0.15) is 6.42 Å². The topological polar surface area (TPSA) is 119 Å². The highest BCUT2D eigenvalue weighted by molar-refractivity contribution is 5.76. The fraction of sp³-hybridized carbons (Fsp3) is 0.600. The lowest BCUT2D eigenvalue weighted by atomic mass is 10.1. The van der Waals surface area contributed by atoms with Crippen LogP contribution in [0.15, 0.2) is 6.33 Å². The zero-order valence-corrected chi connectivity index (χ0v) is 9.34. The van der Waals surface area contributed by atoms with Crippen LogP contribution in [0.4, 0.5) is 17.3 Å². The number of nitrogen functional groups attached to an aromatic ring is 1. The Hall–Kier alpha value is -1.64. The molecule has 5 atom stereocenters. The average molecular weight is 250 g/mol. The highest BCUT2D eigenvalue weighted by Crippen LogP contribution is 2.45. The molecule has 4 rings (SSSR count). The Morgan fingerprint density at radius 3 is 3.00 bits per heavy atom. The van der Waals surface area contributed by atoms with Crippen LogP contribution in [0, 0.1) is 0 Å². The molecule has 18 heavy (non-hydrogen) atoms. The lowest BCUT2D eigenvalue weighted by Gasteiger charge is -2.35. The number of aromatic nitrogens is 2. The molecule has 1 aromatic heterocycles. The highest BCUT2D eigenvalue weighted by Gasteiger charge is 2.56. The van der Waals surface area contributed by atoms with Gasteiger partial charge in [0.2, 0.25) is 0 Å². The van der Waals surface area contributed by atoms with Crippen molar-refractivity contribution in [2.24, 2.45) is 0 Å². The number of hydrogen-bond donors (Lipinski definition) is 3. The number of ether oxygens (including phenoxy) is 1. The van der Waals surface area contributed by atoms with Gasteiger partial charge in [0.25, 0.3) is 0 Å². The molecule has 0 aromatic carbocycles. The molecule has 0 amide bonds. The standard InChI is InChI=1S/C10H12N5O3/c11-8-5-9(13-2-12-8)15-4(14-5)1-3-6(16)7(17)10(15)18-3/h2-4,6-7,10,16-17H,1H2,(H2,11,12,13)/t3-,4?,6-,7-,10-/m1/s1. The molecule has 1 unspecified atom stereocenters. The molecule has 1 radical (unpaired) electrons. The highest BCUT2D eigenvalue weighted by atomic mass is 16.6. The van der Waals surface area contributed by atoms with Crippen molar-refractivity contribution in [3.05, 3.63) is 6.33 Å². The van der Waals surface area contributed by atoms with Gasteiger partial charge in [0.1, 0.15) is 30.4 Å². The van der Waals surface area contributed by atoms with E-state index < -0.39 is 24.5 Å². The Morgan fingerprint density at radius 1 is 1.33 bits per heavy atom. The van der Waals surface area contributed by atoms with Crippen LogP contribution in [0.25, 0.3) is 0 Å². The van der Waals surface area contributed by atoms with Gasteiger partial charge in [-0.1, -0.05) is 0 Å². The van der Waals surface area contributed by atoms with E-state index in [4.69, 9.17) is 10.5 Å². The number of nitrogens with zero attached hydrogens (tertiary/aromatic N) is 4. The van der Waals surface area contributed by atoms with E-state index in [1.165, 1.54) is 6.33 Å². The second kappa shape index (κ2) is 3.22. The van der Waals surface area contributed by atoms with Crippen LogP contribution in [0.5, 0.6) is 0 Å². The van der Waals surface area contributed by atoms with Crippen molar-refractivity contribution in [3.63, 3.8) is 0 Å². The molecule has 4 N–H and O–H groups in total. The van der Waals surface area contributed by atoms with Crippen molar-refractivity contribution in [2.75, 3.05) is 10.6 Å². The minimum Gasteiger partial charge on any atom is -0.388 e. The van der Waals surface area contributed by atoms with E-state index in [0.717, 1.165) is 0 Å². The summed E-state index contributed by atoms with van der Waals surface area (Å²) in [5, 5.41) is 24.3. The van der Waals surface area contributed by atoms with Crippen molar-refractivity contribution in [1.82, 2.24) is 15.3 Å². The molecule has 2 fully saturated rings. The van der Waals surface area contributed by atoms with Crippen LogP contribution in [-0.2, 0) is 4.74 Å². The summed E-state index contributed by atoms with van der Waals surface area (Å²) in [6.07, 6.45) is -1.19. The van der Waals surface area contributed by atoms with Crippen molar-refractivity contribution >= 4 is 17.3 Å². The van der Waals surface area contributed by atoms with Crippen LogP contribution in [-0.4, -0.2) is 50.9 Å². The van der Waals surface area contributed by atoms with E-state index >= 15 is 0 Å². The molecular weight excluding hydrogens is 238 g/mol. The SMILES string of the molecule is Nc1ncnc2c1[N]C1C[C@H]3O[C@H]([C@H](O)[C@@H]3O)N21. The summed E-state index contributed by atoms with van der Waals surface area (Å²) in [6, 6.07) is 0. The molecule has 2 saturated heterocycles. The van der Waals surface area contributed by atoms with Crippen molar-refractivity contribution in [1.29, 1.82) is 0 Å². The molecule has 1 aromatic rings. The number of fused-ring (bicyclic) bond motifs is 6. The molecule has 0 aliphatic carbocycles. The summed E-state index contributed by atoms with van der Waals surface area (Å²) in [5.74, 6) is 0.879. The summed E-state index contributed by atoms with van der Waals surface area (Å²) < 4.78 is 5.60. The van der Waals surface area contributed by atoms with Gasteiger partial charge < -0.3 is 25.6 Å². The fourth-order valence-electron chi connectivity index (χ4n) is 2.87. The molecule has 8 nitrogen and oxygen atoms in total. The van der Waals surface area contributed by atoms with Gasteiger partial charge in [-0.05, 0) is 0 Å². The third-order valence-corrected chi connectivity index (χ3v) is 3.73. The van der Waals surface area contributed by atoms with E-state index in [2.05, 4.69) is 15.3 Å². The van der Waals surface area contributed by atoms with Crippen LogP contribution in [0.3, 0.4) is 0 Å². The van der Waals surface area contributed by atoms with E-state index in [-0.39, 0.29) is 6.17 Å². The molecule has 0 saturated carbocycles. The Labute approximate surface area is 102 Å². The van der Waals surface area contributed by atoms with Crippen LogP contribution < -0.4 is 16.0 Å². The summed E-state index contributed by atoms with van der Waals surface area (Å²) in [6.45, 7) is 0. The molecule has 0 spiro atoms. The predicted molar refractivity (Wildman–Crippen MR) is 59.8 cm³/mol. The number of hydrogen-bond acceptors (Lipinski definition) is 7. The summed E-state index contributed by atoms with van der Waals surface area (Å²) >= 11 is 0. The van der Waals surface area contributed by atoms with Crippen molar-refractivity contribution < 1.29 is 14.9 Å². The van der Waals surface area contributed by atoms with E-state index in [9.17, 15) is 10.2 Å². The number of anilines is 2. The smallest absolute Gasteiger partial charge is 0.163 e. The minimum absolute atomic E-state index is 0.199. The van der Waals surface area contributed by atoms with Gasteiger partial charge in [0.05, 0.1) is 6.10 Å². The summed E-state index contributed by atoms with van der Waals surface area (Å²) in [7, 11) is 0. The number of aliphatic hydroxyl groups is 2. The normalized spacial score (nSPS) is 40.3. The number of rotatable bonds is 0. The zero-order chi connectivity index (χ0) is 12.4. The van der Waals surface area contributed by atoms with E-state index in [1.807, 2.05) is 0 Å². The first-order valence-corrected chi connectivity index (χ1v) is 5.78. The number of aliphatic hydroxyl groups excluding tert-OH is 2. The molecule has 95 valence electrons. The number of nitrogens with two attached hydrogens (primary N) is 1. The largest absolute Gasteiger partial charge is 0.388 e. The molecule has 8 heteroatoms. The minimum atomic E-state index is -0.961. The van der Waals surface area contributed by atoms with Gasteiger partial charge in [0, 0.05) is 6.42 Å². The van der Waals surface area contributed by atoms with Gasteiger partial charge >= 0.3 is 0 Å². The first kappa shape index (κ1) is 10.3. The molecule has 4 heterocycles. The zero-order valence-electron chi connectivity index (χ0n) is 9.34. The Bertz CT molecular complexity index is 512. The van der Waals surface area contributed by atoms with Crippen molar-refractivity contribution in [2.45, 2.75) is 37.1 Å². The molecule has 3 aliphatic heterocycles. The Balaban J connectivity index is 1.80. The second-order valence-corrected chi connectivity index (χ2v) is 4.73. The molecule has 2 bridgehead atoms. The predicted octanol–water partition coefficient (Wildman–Crippen LogP) is -1.71. The lowest BCUT2D eigenvalue weighted by molar-refractivity contribution is -0.0329. The third kappa shape index (κ3) is 1.10. The molecule has 3 aliphatic rings. The average Bonchev–Trinajstić information content (AvgIpc) is 2.84. The van der Waals surface area contributed by atoms with E-state index in [0.29, 0.717) is 23.7 Å². The lowest BCUT2D eigenvalue weighted by Crippen LogP contribution is -2.51. The van der Waals surface area contributed by atoms with Crippen molar-refractivity contribution in [3.8, 4) is 0 Å². The van der Waals surface area contributed by atoms with Gasteiger partial charge in [0.15, 0.2) is 17.9 Å². The maximum absolute atomic E-state index is 9.98. The van der Waals surface area contributed by atoms with Gasteiger partial charge in [-0.25, -0.2) is 9.97 Å².